The zero-order valence-corrected chi connectivity index (χ0v) is 15.2. The van der Waals surface area contributed by atoms with Crippen LogP contribution in [0.1, 0.15) is 72.1 Å². The SMILES string of the molecule is CC1CC(N2CC(NCC3CCCCC3)CC(C(C)C)C2)C1. The first-order chi connectivity index (χ1) is 10.6. The van der Waals surface area contributed by atoms with Crippen LogP contribution in [0, 0.1) is 23.7 Å². The molecule has 0 aromatic heterocycles. The van der Waals surface area contributed by atoms with Gasteiger partial charge in [-0.25, -0.2) is 0 Å². The molecule has 2 unspecified atom stereocenters. The maximum Gasteiger partial charge on any atom is 0.0198 e. The number of nitrogens with zero attached hydrogens (tertiary/aromatic N) is 1. The zero-order chi connectivity index (χ0) is 15.5. The van der Waals surface area contributed by atoms with Crippen LogP contribution in [-0.2, 0) is 0 Å². The van der Waals surface area contributed by atoms with Crippen molar-refractivity contribution in [2.24, 2.45) is 23.7 Å². The van der Waals surface area contributed by atoms with E-state index < -0.39 is 0 Å². The number of likely N-dealkylation sites (tertiary alicyclic amines) is 1. The minimum atomic E-state index is 0.749. The van der Waals surface area contributed by atoms with Crippen molar-refractivity contribution < 1.29 is 0 Å². The normalized spacial score (nSPS) is 38.2. The second-order valence-corrected chi connectivity index (χ2v) is 9.03. The van der Waals surface area contributed by atoms with Crippen LogP contribution in [-0.4, -0.2) is 36.6 Å². The van der Waals surface area contributed by atoms with Gasteiger partial charge in [0.2, 0.25) is 0 Å². The molecule has 1 N–H and O–H groups in total. The van der Waals surface area contributed by atoms with Crippen molar-refractivity contribution >= 4 is 0 Å². The summed E-state index contributed by atoms with van der Waals surface area (Å²) in [5, 5.41) is 3.98. The highest BCUT2D eigenvalue weighted by Gasteiger charge is 2.37. The average Bonchev–Trinajstić information content (AvgIpc) is 2.50. The fourth-order valence-corrected chi connectivity index (χ4v) is 4.98. The van der Waals surface area contributed by atoms with Gasteiger partial charge in [0.05, 0.1) is 0 Å². The lowest BCUT2D eigenvalue weighted by molar-refractivity contribution is 0.0224. The minimum Gasteiger partial charge on any atom is -0.312 e. The Hall–Kier alpha value is -0.0800. The first-order valence-corrected chi connectivity index (χ1v) is 10.1. The molecule has 2 nitrogen and oxygen atoms in total. The Morgan fingerprint density at radius 1 is 1.00 bits per heavy atom. The number of rotatable bonds is 5. The van der Waals surface area contributed by atoms with Gasteiger partial charge in [0, 0.05) is 25.2 Å². The molecule has 22 heavy (non-hydrogen) atoms. The fourth-order valence-electron chi connectivity index (χ4n) is 4.98. The van der Waals surface area contributed by atoms with Crippen LogP contribution in [0.25, 0.3) is 0 Å². The summed E-state index contributed by atoms with van der Waals surface area (Å²) in [4.78, 5) is 2.84. The number of piperidine rings is 1. The van der Waals surface area contributed by atoms with Gasteiger partial charge in [0.15, 0.2) is 0 Å². The molecule has 1 aliphatic heterocycles. The lowest BCUT2D eigenvalue weighted by Gasteiger charge is -2.48. The summed E-state index contributed by atoms with van der Waals surface area (Å²) in [5.74, 6) is 3.66. The maximum absolute atomic E-state index is 3.98. The van der Waals surface area contributed by atoms with Gasteiger partial charge in [-0.05, 0) is 62.3 Å². The summed E-state index contributed by atoms with van der Waals surface area (Å²) in [6, 6.07) is 1.65. The van der Waals surface area contributed by atoms with Gasteiger partial charge < -0.3 is 5.32 Å². The van der Waals surface area contributed by atoms with E-state index >= 15 is 0 Å². The highest BCUT2D eigenvalue weighted by molar-refractivity contribution is 4.93. The second kappa shape index (κ2) is 7.66. The van der Waals surface area contributed by atoms with Gasteiger partial charge in [-0.2, -0.15) is 0 Å². The molecule has 0 aromatic rings. The van der Waals surface area contributed by atoms with Gasteiger partial charge in [-0.3, -0.25) is 4.90 Å². The fraction of sp³-hybridized carbons (Fsp3) is 1.00. The topological polar surface area (TPSA) is 15.3 Å². The Balaban J connectivity index is 1.50. The van der Waals surface area contributed by atoms with Gasteiger partial charge in [-0.1, -0.05) is 40.0 Å². The monoisotopic (exact) mass is 306 g/mol. The lowest BCUT2D eigenvalue weighted by Crippen LogP contribution is -2.56. The molecular weight excluding hydrogens is 268 g/mol. The Morgan fingerprint density at radius 3 is 2.36 bits per heavy atom. The molecule has 0 aromatic carbocycles. The molecule has 3 fully saturated rings. The van der Waals surface area contributed by atoms with Crippen LogP contribution in [0.3, 0.4) is 0 Å². The van der Waals surface area contributed by atoms with Crippen molar-refractivity contribution in [3.05, 3.63) is 0 Å². The van der Waals surface area contributed by atoms with Crippen molar-refractivity contribution in [3.63, 3.8) is 0 Å². The predicted molar refractivity (Wildman–Crippen MR) is 95.1 cm³/mol. The van der Waals surface area contributed by atoms with E-state index in [4.69, 9.17) is 0 Å². The quantitative estimate of drug-likeness (QED) is 0.814. The summed E-state index contributed by atoms with van der Waals surface area (Å²) < 4.78 is 0. The van der Waals surface area contributed by atoms with Gasteiger partial charge in [0.1, 0.15) is 0 Å². The summed E-state index contributed by atoms with van der Waals surface area (Å²) in [6.07, 6.45) is 11.6. The highest BCUT2D eigenvalue weighted by Crippen LogP contribution is 2.35. The molecule has 0 radical (unpaired) electrons. The van der Waals surface area contributed by atoms with Crippen LogP contribution in [0.15, 0.2) is 0 Å². The molecule has 1 saturated heterocycles. The van der Waals surface area contributed by atoms with Crippen LogP contribution in [0.2, 0.25) is 0 Å². The summed E-state index contributed by atoms with van der Waals surface area (Å²) >= 11 is 0. The number of hydrogen-bond acceptors (Lipinski definition) is 2. The molecule has 0 spiro atoms. The van der Waals surface area contributed by atoms with E-state index in [0.29, 0.717) is 0 Å². The van der Waals surface area contributed by atoms with Gasteiger partial charge >= 0.3 is 0 Å². The molecule has 2 atom stereocenters. The molecule has 3 rings (SSSR count). The average molecular weight is 307 g/mol. The van der Waals surface area contributed by atoms with Crippen LogP contribution < -0.4 is 5.32 Å². The van der Waals surface area contributed by atoms with E-state index in [2.05, 4.69) is 31.0 Å². The van der Waals surface area contributed by atoms with Crippen LogP contribution >= 0.6 is 0 Å². The summed E-state index contributed by atoms with van der Waals surface area (Å²) in [6.45, 7) is 11.2. The van der Waals surface area contributed by atoms with Crippen molar-refractivity contribution in [3.8, 4) is 0 Å². The van der Waals surface area contributed by atoms with Crippen molar-refractivity contribution in [1.82, 2.24) is 10.2 Å². The van der Waals surface area contributed by atoms with E-state index in [-0.39, 0.29) is 0 Å². The van der Waals surface area contributed by atoms with Gasteiger partial charge in [0.25, 0.3) is 0 Å². The minimum absolute atomic E-state index is 0.749. The lowest BCUT2D eigenvalue weighted by atomic mass is 9.77. The molecule has 0 bridgehead atoms. The van der Waals surface area contributed by atoms with Crippen LogP contribution in [0.4, 0.5) is 0 Å². The molecular formula is C20H38N2. The second-order valence-electron chi connectivity index (χ2n) is 9.03. The molecule has 3 aliphatic rings. The van der Waals surface area contributed by atoms with Crippen molar-refractivity contribution in [2.75, 3.05) is 19.6 Å². The van der Waals surface area contributed by atoms with E-state index in [1.165, 1.54) is 71.0 Å². The Labute approximate surface area is 138 Å². The van der Waals surface area contributed by atoms with E-state index in [1.54, 1.807) is 0 Å². The predicted octanol–water partition coefficient (Wildman–Crippen LogP) is 4.30. The largest absolute Gasteiger partial charge is 0.312 e. The standard InChI is InChI=1S/C20H38N2/c1-15(2)18-11-19(21-12-17-7-5-4-6-8-17)14-22(13-18)20-9-16(3)10-20/h15-21H,4-14H2,1-3H3. The maximum atomic E-state index is 3.98. The van der Waals surface area contributed by atoms with E-state index in [9.17, 15) is 0 Å². The summed E-state index contributed by atoms with van der Waals surface area (Å²) in [7, 11) is 0. The zero-order valence-electron chi connectivity index (χ0n) is 15.2. The molecule has 2 heteroatoms. The number of hydrogen-bond donors (Lipinski definition) is 1. The Kier molecular flexibility index (Phi) is 5.84. The molecule has 2 aliphatic carbocycles. The van der Waals surface area contributed by atoms with E-state index in [0.717, 1.165) is 35.8 Å². The van der Waals surface area contributed by atoms with Crippen LogP contribution in [0.5, 0.6) is 0 Å². The molecule has 2 saturated carbocycles. The Bertz CT molecular complexity index is 329. The number of nitrogens with one attached hydrogen (secondary N) is 1. The third-order valence-corrected chi connectivity index (χ3v) is 6.74. The molecule has 128 valence electrons. The van der Waals surface area contributed by atoms with E-state index in [1.807, 2.05) is 0 Å². The first-order valence-electron chi connectivity index (χ1n) is 10.1. The van der Waals surface area contributed by atoms with Crippen molar-refractivity contribution in [2.45, 2.75) is 84.2 Å². The first kappa shape index (κ1) is 16.8. The Morgan fingerprint density at radius 2 is 1.73 bits per heavy atom. The smallest absolute Gasteiger partial charge is 0.0198 e. The molecule has 1 heterocycles. The third kappa shape index (κ3) is 4.26. The highest BCUT2D eigenvalue weighted by atomic mass is 15.2. The summed E-state index contributed by atoms with van der Waals surface area (Å²) in [5.41, 5.74) is 0. The van der Waals surface area contributed by atoms with Gasteiger partial charge in [-0.15, -0.1) is 0 Å². The molecule has 0 amide bonds. The third-order valence-electron chi connectivity index (χ3n) is 6.74. The van der Waals surface area contributed by atoms with Crippen molar-refractivity contribution in [1.29, 1.82) is 0 Å².